The normalized spacial score (nSPS) is 18.5. The van der Waals surface area contributed by atoms with Crippen LogP contribution < -0.4 is 0 Å². The summed E-state index contributed by atoms with van der Waals surface area (Å²) in [5.41, 5.74) is 1.17. The molecule has 1 N–H and O–H groups in total. The van der Waals surface area contributed by atoms with Crippen molar-refractivity contribution in [2.45, 2.75) is 25.5 Å². The summed E-state index contributed by atoms with van der Waals surface area (Å²) in [6.07, 6.45) is 5.12. The molecule has 1 aromatic carbocycles. The Labute approximate surface area is 136 Å². The molecule has 1 aliphatic rings. The minimum atomic E-state index is -0.470. The van der Waals surface area contributed by atoms with Gasteiger partial charge in [0.15, 0.2) is 0 Å². The van der Waals surface area contributed by atoms with Crippen molar-refractivity contribution in [3.63, 3.8) is 0 Å². The van der Waals surface area contributed by atoms with E-state index in [1.165, 1.54) is 5.56 Å². The fraction of sp³-hybridized carbons (Fsp3) is 0.471. The number of hydrogen-bond donors (Lipinski definition) is 1. The number of aryl methyl sites for hydroxylation is 1. The summed E-state index contributed by atoms with van der Waals surface area (Å²) in [5.74, 6) is 1.05. The fourth-order valence-electron chi connectivity index (χ4n) is 3.17. The van der Waals surface area contributed by atoms with Crippen molar-refractivity contribution < 1.29 is 5.11 Å². The Bertz CT molecular complexity index is 620. The molecule has 2 heterocycles. The van der Waals surface area contributed by atoms with Gasteiger partial charge in [0.25, 0.3) is 0 Å². The number of benzene rings is 1. The monoisotopic (exact) mass is 319 g/mol. The minimum absolute atomic E-state index is 0.281. The number of aliphatic hydroxyl groups is 1. The van der Waals surface area contributed by atoms with Crippen LogP contribution in [-0.2, 0) is 13.6 Å². The third-order valence-electron chi connectivity index (χ3n) is 4.55. The zero-order valence-corrected chi connectivity index (χ0v) is 13.6. The molecule has 1 aromatic heterocycles. The minimum Gasteiger partial charge on any atom is -0.385 e. The number of nitrogens with zero attached hydrogens (tertiary/aromatic N) is 3. The van der Waals surface area contributed by atoms with Crippen LogP contribution in [0.3, 0.4) is 0 Å². The first kappa shape index (κ1) is 15.5. The van der Waals surface area contributed by atoms with E-state index in [9.17, 15) is 5.11 Å². The molecule has 22 heavy (non-hydrogen) atoms. The number of likely N-dealkylation sites (tertiary alicyclic amines) is 1. The third-order valence-corrected chi connectivity index (χ3v) is 4.92. The van der Waals surface area contributed by atoms with Crippen LogP contribution in [0.4, 0.5) is 0 Å². The largest absolute Gasteiger partial charge is 0.385 e. The van der Waals surface area contributed by atoms with Crippen LogP contribution in [0.5, 0.6) is 0 Å². The Hall–Kier alpha value is -1.36. The van der Waals surface area contributed by atoms with Gasteiger partial charge in [0.2, 0.25) is 0 Å². The van der Waals surface area contributed by atoms with Crippen molar-refractivity contribution in [2.24, 2.45) is 13.0 Å². The maximum atomic E-state index is 10.5. The molecule has 1 unspecified atom stereocenters. The fourth-order valence-corrected chi connectivity index (χ4v) is 3.36. The Balaban J connectivity index is 1.57. The van der Waals surface area contributed by atoms with Crippen molar-refractivity contribution in [1.29, 1.82) is 0 Å². The molecule has 1 atom stereocenters. The Morgan fingerprint density at radius 3 is 2.68 bits per heavy atom. The molecule has 1 aliphatic heterocycles. The number of imidazole rings is 1. The summed E-state index contributed by atoms with van der Waals surface area (Å²) in [7, 11) is 1.93. The molecule has 0 bridgehead atoms. The van der Waals surface area contributed by atoms with Crippen LogP contribution in [0.1, 0.15) is 30.3 Å². The van der Waals surface area contributed by atoms with E-state index in [-0.39, 0.29) is 5.92 Å². The molecule has 0 spiro atoms. The predicted octanol–water partition coefficient (Wildman–Crippen LogP) is 3.02. The highest BCUT2D eigenvalue weighted by Crippen LogP contribution is 2.30. The van der Waals surface area contributed by atoms with Gasteiger partial charge in [0.05, 0.1) is 0 Å². The standard InChI is InChI=1S/C17H22ClN3O/c1-20-11-8-19-17(20)16(22)13-6-9-21(10-7-13)12-14-4-2-3-5-15(14)18/h2-5,8,11,13,16,22H,6-7,9-10,12H2,1H3. The second-order valence-electron chi connectivity index (χ2n) is 6.05. The maximum Gasteiger partial charge on any atom is 0.137 e. The van der Waals surface area contributed by atoms with E-state index in [2.05, 4.69) is 16.0 Å². The topological polar surface area (TPSA) is 41.3 Å². The lowest BCUT2D eigenvalue weighted by molar-refractivity contribution is 0.0492. The van der Waals surface area contributed by atoms with Crippen molar-refractivity contribution in [3.05, 3.63) is 53.1 Å². The van der Waals surface area contributed by atoms with Crippen molar-refractivity contribution in [3.8, 4) is 0 Å². The molecule has 0 radical (unpaired) electrons. The number of hydrogen-bond acceptors (Lipinski definition) is 3. The number of halogens is 1. The number of piperidine rings is 1. The van der Waals surface area contributed by atoms with Gasteiger partial charge in [-0.15, -0.1) is 0 Å². The van der Waals surface area contributed by atoms with Gasteiger partial charge < -0.3 is 9.67 Å². The van der Waals surface area contributed by atoms with Crippen molar-refractivity contribution in [2.75, 3.05) is 13.1 Å². The number of aliphatic hydroxyl groups excluding tert-OH is 1. The highest BCUT2D eigenvalue weighted by Gasteiger charge is 2.28. The Kier molecular flexibility index (Phi) is 4.81. The molecule has 1 saturated heterocycles. The van der Waals surface area contributed by atoms with Crippen LogP contribution in [0.25, 0.3) is 0 Å². The molecule has 1 fully saturated rings. The van der Waals surface area contributed by atoms with E-state index in [1.807, 2.05) is 36.0 Å². The van der Waals surface area contributed by atoms with Crippen LogP contribution in [-0.4, -0.2) is 32.6 Å². The summed E-state index contributed by atoms with van der Waals surface area (Å²) in [5, 5.41) is 11.3. The van der Waals surface area contributed by atoms with Crippen LogP contribution >= 0.6 is 11.6 Å². The van der Waals surface area contributed by atoms with Gasteiger partial charge in [0, 0.05) is 31.0 Å². The quantitative estimate of drug-likeness (QED) is 0.942. The van der Waals surface area contributed by atoms with E-state index in [0.717, 1.165) is 43.3 Å². The van der Waals surface area contributed by atoms with Gasteiger partial charge in [-0.25, -0.2) is 4.98 Å². The van der Waals surface area contributed by atoms with E-state index < -0.39 is 6.10 Å². The molecule has 4 nitrogen and oxygen atoms in total. The average molecular weight is 320 g/mol. The lowest BCUT2D eigenvalue weighted by Crippen LogP contribution is -2.35. The molecule has 2 aromatic rings. The predicted molar refractivity (Wildman–Crippen MR) is 87.6 cm³/mol. The van der Waals surface area contributed by atoms with Crippen molar-refractivity contribution in [1.82, 2.24) is 14.5 Å². The average Bonchev–Trinajstić information content (AvgIpc) is 2.96. The highest BCUT2D eigenvalue weighted by molar-refractivity contribution is 6.31. The van der Waals surface area contributed by atoms with Gasteiger partial charge >= 0.3 is 0 Å². The van der Waals surface area contributed by atoms with Gasteiger partial charge in [-0.3, -0.25) is 4.90 Å². The van der Waals surface area contributed by atoms with Gasteiger partial charge in [-0.1, -0.05) is 29.8 Å². The molecular weight excluding hydrogens is 298 g/mol. The van der Waals surface area contributed by atoms with E-state index >= 15 is 0 Å². The molecule has 0 aliphatic carbocycles. The van der Waals surface area contributed by atoms with Gasteiger partial charge in [-0.05, 0) is 43.5 Å². The lowest BCUT2D eigenvalue weighted by Gasteiger charge is -2.34. The van der Waals surface area contributed by atoms with Crippen LogP contribution in [0.15, 0.2) is 36.7 Å². The third kappa shape index (κ3) is 3.35. The summed E-state index contributed by atoms with van der Waals surface area (Å²) in [6, 6.07) is 8.01. The molecule has 118 valence electrons. The second kappa shape index (κ2) is 6.82. The SMILES string of the molecule is Cn1ccnc1C(O)C1CCN(Cc2ccccc2Cl)CC1. The van der Waals surface area contributed by atoms with E-state index in [0.29, 0.717) is 0 Å². The maximum absolute atomic E-state index is 10.5. The zero-order chi connectivity index (χ0) is 15.5. The van der Waals surface area contributed by atoms with Gasteiger partial charge in [0.1, 0.15) is 11.9 Å². The molecular formula is C17H22ClN3O. The van der Waals surface area contributed by atoms with Gasteiger partial charge in [-0.2, -0.15) is 0 Å². The summed E-state index contributed by atoms with van der Waals surface area (Å²) >= 11 is 6.23. The smallest absolute Gasteiger partial charge is 0.137 e. The molecule has 0 saturated carbocycles. The summed E-state index contributed by atoms with van der Waals surface area (Å²) in [4.78, 5) is 6.68. The molecule has 0 amide bonds. The number of rotatable bonds is 4. The summed E-state index contributed by atoms with van der Waals surface area (Å²) < 4.78 is 1.90. The lowest BCUT2D eigenvalue weighted by atomic mass is 9.90. The van der Waals surface area contributed by atoms with Crippen LogP contribution in [0, 0.1) is 5.92 Å². The van der Waals surface area contributed by atoms with Crippen LogP contribution in [0.2, 0.25) is 5.02 Å². The first-order chi connectivity index (χ1) is 10.6. The zero-order valence-electron chi connectivity index (χ0n) is 12.8. The Morgan fingerprint density at radius 1 is 1.32 bits per heavy atom. The highest BCUT2D eigenvalue weighted by atomic mass is 35.5. The first-order valence-corrected chi connectivity index (χ1v) is 8.14. The molecule has 5 heteroatoms. The Morgan fingerprint density at radius 2 is 2.05 bits per heavy atom. The second-order valence-corrected chi connectivity index (χ2v) is 6.45. The van der Waals surface area contributed by atoms with E-state index in [1.54, 1.807) is 6.20 Å². The van der Waals surface area contributed by atoms with Crippen molar-refractivity contribution >= 4 is 11.6 Å². The summed E-state index contributed by atoms with van der Waals surface area (Å²) in [6.45, 7) is 2.85. The van der Waals surface area contributed by atoms with E-state index in [4.69, 9.17) is 11.6 Å². The first-order valence-electron chi connectivity index (χ1n) is 7.76. The molecule has 3 rings (SSSR count). The number of aromatic nitrogens is 2.